The second-order valence-electron chi connectivity index (χ2n) is 3.76. The molecule has 0 fully saturated rings. The van der Waals surface area contributed by atoms with Gasteiger partial charge in [-0.3, -0.25) is 0 Å². The van der Waals surface area contributed by atoms with Gasteiger partial charge in [0.1, 0.15) is 12.4 Å². The molecule has 0 radical (unpaired) electrons. The molecule has 0 bridgehead atoms. The molecule has 0 aromatic carbocycles. The maximum absolute atomic E-state index is 9.66. The Labute approximate surface area is 94.8 Å². The lowest BCUT2D eigenvalue weighted by atomic mass is 10.3. The molecule has 0 amide bonds. The van der Waals surface area contributed by atoms with Gasteiger partial charge in [0.2, 0.25) is 6.33 Å². The standard InChI is InChI=1S/C12H15N3O/c1-2-3-7-14-8-9-15(10-14)12-11(16)5-4-6-13-12/h4-6,8-10H,2-3,7H2,1H3/p+1. The Morgan fingerprint density at radius 3 is 3.12 bits per heavy atom. The van der Waals surface area contributed by atoms with Gasteiger partial charge in [0.05, 0.1) is 6.54 Å². The van der Waals surface area contributed by atoms with Crippen LogP contribution in [-0.4, -0.2) is 14.7 Å². The van der Waals surface area contributed by atoms with Crippen LogP contribution in [0, 0.1) is 0 Å². The fourth-order valence-electron chi connectivity index (χ4n) is 1.58. The van der Waals surface area contributed by atoms with Crippen molar-refractivity contribution < 1.29 is 9.67 Å². The van der Waals surface area contributed by atoms with E-state index in [0.717, 1.165) is 13.0 Å². The molecule has 2 heterocycles. The molecule has 84 valence electrons. The van der Waals surface area contributed by atoms with Crippen LogP contribution in [0.2, 0.25) is 0 Å². The van der Waals surface area contributed by atoms with Crippen molar-refractivity contribution in [2.45, 2.75) is 26.3 Å². The summed E-state index contributed by atoms with van der Waals surface area (Å²) in [5.41, 5.74) is 0. The quantitative estimate of drug-likeness (QED) is 0.793. The van der Waals surface area contributed by atoms with Crippen molar-refractivity contribution >= 4 is 0 Å². The molecule has 2 aromatic heterocycles. The van der Waals surface area contributed by atoms with Crippen molar-refractivity contribution in [2.24, 2.45) is 0 Å². The number of aryl methyl sites for hydroxylation is 1. The van der Waals surface area contributed by atoms with Crippen LogP contribution in [0.4, 0.5) is 0 Å². The van der Waals surface area contributed by atoms with Gasteiger partial charge >= 0.3 is 0 Å². The first-order chi connectivity index (χ1) is 7.81. The predicted octanol–water partition coefficient (Wildman–Crippen LogP) is 1.67. The summed E-state index contributed by atoms with van der Waals surface area (Å²) in [6, 6.07) is 3.35. The smallest absolute Gasteiger partial charge is 0.268 e. The molecule has 2 aromatic rings. The summed E-state index contributed by atoms with van der Waals surface area (Å²) in [4.78, 5) is 4.14. The Hall–Kier alpha value is -1.84. The van der Waals surface area contributed by atoms with E-state index in [2.05, 4.69) is 16.5 Å². The van der Waals surface area contributed by atoms with Gasteiger partial charge in [-0.25, -0.2) is 9.55 Å². The lowest BCUT2D eigenvalue weighted by Gasteiger charge is -1.96. The van der Waals surface area contributed by atoms with E-state index in [-0.39, 0.29) is 5.75 Å². The van der Waals surface area contributed by atoms with E-state index in [9.17, 15) is 5.11 Å². The van der Waals surface area contributed by atoms with Crippen molar-refractivity contribution in [3.8, 4) is 11.6 Å². The van der Waals surface area contributed by atoms with Crippen LogP contribution in [-0.2, 0) is 6.54 Å². The van der Waals surface area contributed by atoms with Gasteiger partial charge in [-0.2, -0.15) is 4.57 Å². The Balaban J connectivity index is 2.22. The van der Waals surface area contributed by atoms with E-state index >= 15 is 0 Å². The summed E-state index contributed by atoms with van der Waals surface area (Å²) in [6.45, 7) is 3.17. The third-order valence-electron chi connectivity index (χ3n) is 2.47. The normalized spacial score (nSPS) is 10.6. The summed E-state index contributed by atoms with van der Waals surface area (Å²) >= 11 is 0. The summed E-state index contributed by atoms with van der Waals surface area (Å²) in [5.74, 6) is 0.762. The van der Waals surface area contributed by atoms with Crippen LogP contribution in [0.25, 0.3) is 5.82 Å². The molecule has 0 saturated heterocycles. The fraction of sp³-hybridized carbons (Fsp3) is 0.333. The highest BCUT2D eigenvalue weighted by molar-refractivity contribution is 5.37. The molecular formula is C12H16N3O+. The summed E-state index contributed by atoms with van der Waals surface area (Å²) in [6.07, 6.45) is 9.83. The SMILES string of the molecule is CCCC[n+]1ccn(-c2ncccc2O)c1. The number of aromatic nitrogens is 3. The maximum Gasteiger partial charge on any atom is 0.268 e. The molecular weight excluding hydrogens is 202 g/mol. The molecule has 0 aliphatic rings. The first kappa shape index (κ1) is 10.7. The second kappa shape index (κ2) is 4.79. The molecule has 0 unspecified atom stereocenters. The van der Waals surface area contributed by atoms with Crippen LogP contribution >= 0.6 is 0 Å². The third-order valence-corrected chi connectivity index (χ3v) is 2.47. The predicted molar refractivity (Wildman–Crippen MR) is 60.3 cm³/mol. The summed E-state index contributed by atoms with van der Waals surface area (Å²) in [5, 5.41) is 9.66. The van der Waals surface area contributed by atoms with Crippen LogP contribution < -0.4 is 4.57 Å². The molecule has 0 saturated carbocycles. The number of imidazole rings is 1. The van der Waals surface area contributed by atoms with E-state index in [1.54, 1.807) is 18.3 Å². The molecule has 1 N–H and O–H groups in total. The minimum atomic E-state index is 0.195. The van der Waals surface area contributed by atoms with Gasteiger partial charge in [0.25, 0.3) is 5.82 Å². The maximum atomic E-state index is 9.66. The molecule has 16 heavy (non-hydrogen) atoms. The molecule has 2 rings (SSSR count). The number of pyridine rings is 1. The highest BCUT2D eigenvalue weighted by Crippen LogP contribution is 2.16. The number of unbranched alkanes of at least 4 members (excludes halogenated alkanes) is 1. The van der Waals surface area contributed by atoms with Gasteiger partial charge in [0.15, 0.2) is 5.75 Å². The Morgan fingerprint density at radius 1 is 1.50 bits per heavy atom. The van der Waals surface area contributed by atoms with Crippen molar-refractivity contribution in [3.05, 3.63) is 37.1 Å². The zero-order chi connectivity index (χ0) is 11.4. The zero-order valence-corrected chi connectivity index (χ0v) is 9.37. The van der Waals surface area contributed by atoms with Gasteiger partial charge in [0, 0.05) is 6.20 Å². The Bertz CT molecular complexity index is 465. The number of aromatic hydroxyl groups is 1. The van der Waals surface area contributed by atoms with Gasteiger partial charge < -0.3 is 5.11 Å². The number of hydrogen-bond donors (Lipinski definition) is 1. The second-order valence-corrected chi connectivity index (χ2v) is 3.76. The van der Waals surface area contributed by atoms with Gasteiger partial charge in [-0.15, -0.1) is 0 Å². The number of nitrogens with zero attached hydrogens (tertiary/aromatic N) is 3. The molecule has 4 nitrogen and oxygen atoms in total. The highest BCUT2D eigenvalue weighted by Gasteiger charge is 2.11. The summed E-state index contributed by atoms with van der Waals surface area (Å²) < 4.78 is 3.92. The lowest BCUT2D eigenvalue weighted by Crippen LogP contribution is -2.30. The number of hydrogen-bond acceptors (Lipinski definition) is 2. The molecule has 4 heteroatoms. The van der Waals surface area contributed by atoms with Crippen LogP contribution in [0.3, 0.4) is 0 Å². The largest absolute Gasteiger partial charge is 0.503 e. The Kier molecular flexibility index (Phi) is 3.19. The fourth-order valence-corrected chi connectivity index (χ4v) is 1.58. The first-order valence-electron chi connectivity index (χ1n) is 5.52. The van der Waals surface area contributed by atoms with Crippen molar-refractivity contribution in [3.63, 3.8) is 0 Å². The van der Waals surface area contributed by atoms with E-state index in [1.165, 1.54) is 6.42 Å². The lowest BCUT2D eigenvalue weighted by molar-refractivity contribution is -0.696. The zero-order valence-electron chi connectivity index (χ0n) is 9.37. The van der Waals surface area contributed by atoms with Crippen LogP contribution in [0.1, 0.15) is 19.8 Å². The van der Waals surface area contributed by atoms with Gasteiger partial charge in [-0.05, 0) is 18.6 Å². The average molecular weight is 218 g/mol. The average Bonchev–Trinajstić information content (AvgIpc) is 2.75. The molecule has 0 aliphatic carbocycles. The van der Waals surface area contributed by atoms with E-state index in [0.29, 0.717) is 5.82 Å². The van der Waals surface area contributed by atoms with Crippen molar-refractivity contribution in [2.75, 3.05) is 0 Å². The minimum absolute atomic E-state index is 0.195. The van der Waals surface area contributed by atoms with Gasteiger partial charge in [-0.1, -0.05) is 13.3 Å². The Morgan fingerprint density at radius 2 is 2.38 bits per heavy atom. The molecule has 0 aliphatic heterocycles. The van der Waals surface area contributed by atoms with Crippen LogP contribution in [0.15, 0.2) is 37.1 Å². The van der Waals surface area contributed by atoms with Crippen LogP contribution in [0.5, 0.6) is 5.75 Å². The minimum Gasteiger partial charge on any atom is -0.503 e. The molecule has 0 spiro atoms. The van der Waals surface area contributed by atoms with Crippen molar-refractivity contribution in [1.29, 1.82) is 0 Å². The van der Waals surface area contributed by atoms with E-state index in [4.69, 9.17) is 0 Å². The summed E-state index contributed by atoms with van der Waals surface area (Å²) in [7, 11) is 0. The topological polar surface area (TPSA) is 41.9 Å². The highest BCUT2D eigenvalue weighted by atomic mass is 16.3. The van der Waals surface area contributed by atoms with Crippen molar-refractivity contribution in [1.82, 2.24) is 9.55 Å². The third kappa shape index (κ3) is 2.21. The van der Waals surface area contributed by atoms with E-state index in [1.807, 2.05) is 23.3 Å². The first-order valence-corrected chi connectivity index (χ1v) is 5.52. The number of rotatable bonds is 4. The monoisotopic (exact) mass is 218 g/mol. The molecule has 0 atom stereocenters. The van der Waals surface area contributed by atoms with E-state index < -0.39 is 0 Å².